The summed E-state index contributed by atoms with van der Waals surface area (Å²) in [5, 5.41) is 3.08. The zero-order valence-corrected chi connectivity index (χ0v) is 15.2. The fraction of sp³-hybridized carbons (Fsp3) is 0.429. The van der Waals surface area contributed by atoms with Gasteiger partial charge in [0, 0.05) is 24.5 Å². The number of hydrogen-bond acceptors (Lipinski definition) is 5. The molecule has 6 heteroatoms. The lowest BCUT2D eigenvalue weighted by atomic mass is 10.1. The van der Waals surface area contributed by atoms with Gasteiger partial charge in [-0.1, -0.05) is 12.1 Å². The molecule has 1 saturated carbocycles. The van der Waals surface area contributed by atoms with Crippen LogP contribution in [0.25, 0.3) is 0 Å². The first-order valence-electron chi connectivity index (χ1n) is 9.66. The number of carbonyl (C=O) groups excluding carboxylic acids is 1. The monoisotopic (exact) mass is 365 g/mol. The maximum Gasteiger partial charge on any atom is 0.241 e. The predicted octanol–water partition coefficient (Wildman–Crippen LogP) is 3.29. The Hall–Kier alpha value is -2.60. The lowest BCUT2D eigenvalue weighted by Crippen LogP contribution is -2.39. The molecule has 0 radical (unpaired) electrons. The van der Waals surface area contributed by atoms with Gasteiger partial charge < -0.3 is 14.8 Å². The number of likely N-dealkylation sites (tertiary alicyclic amines) is 1. The summed E-state index contributed by atoms with van der Waals surface area (Å²) >= 11 is 0. The van der Waals surface area contributed by atoms with E-state index in [2.05, 4.69) is 27.3 Å². The fourth-order valence-corrected chi connectivity index (χ4v) is 3.99. The van der Waals surface area contributed by atoms with Crippen molar-refractivity contribution in [2.45, 2.75) is 44.2 Å². The second-order valence-corrected chi connectivity index (χ2v) is 7.51. The molecule has 27 heavy (non-hydrogen) atoms. The largest absolute Gasteiger partial charge is 0.453 e. The van der Waals surface area contributed by atoms with Crippen LogP contribution in [0.3, 0.4) is 0 Å². The molecule has 1 amide bonds. The smallest absolute Gasteiger partial charge is 0.241 e. The first-order chi connectivity index (χ1) is 13.3. The molecule has 1 N–H and O–H groups in total. The Labute approximate surface area is 158 Å². The van der Waals surface area contributed by atoms with Gasteiger partial charge in [-0.2, -0.15) is 0 Å². The van der Waals surface area contributed by atoms with E-state index in [4.69, 9.17) is 9.47 Å². The van der Waals surface area contributed by atoms with E-state index in [9.17, 15) is 4.79 Å². The molecule has 1 atom stereocenters. The molecule has 6 nitrogen and oxygen atoms in total. The number of nitrogens with zero attached hydrogens (tertiary/aromatic N) is 2. The number of ether oxygens (including phenoxy) is 2. The standard InChI is InChI=1S/C21H23N3O3/c25-21(23-16-7-5-15(6-8-16)14-3-4-14)18-2-1-11-24(18)12-17-20-19(9-10-22-17)26-13-27-20/h5-10,14,18H,1-4,11-13H2,(H,23,25). The number of hydrogen-bond donors (Lipinski definition) is 1. The van der Waals surface area contributed by atoms with Gasteiger partial charge in [0.1, 0.15) is 5.69 Å². The molecule has 2 aliphatic heterocycles. The van der Waals surface area contributed by atoms with Gasteiger partial charge in [-0.3, -0.25) is 14.7 Å². The Kier molecular flexibility index (Phi) is 4.20. The van der Waals surface area contributed by atoms with Crippen LogP contribution in [0.1, 0.15) is 42.9 Å². The quantitative estimate of drug-likeness (QED) is 0.881. The van der Waals surface area contributed by atoms with Gasteiger partial charge in [0.15, 0.2) is 11.5 Å². The molecule has 3 heterocycles. The van der Waals surface area contributed by atoms with Crippen molar-refractivity contribution in [3.8, 4) is 11.5 Å². The molecule has 0 spiro atoms. The maximum atomic E-state index is 12.9. The highest BCUT2D eigenvalue weighted by Gasteiger charge is 2.32. The molecule has 0 bridgehead atoms. The van der Waals surface area contributed by atoms with E-state index in [1.165, 1.54) is 18.4 Å². The first kappa shape index (κ1) is 16.6. The Morgan fingerprint density at radius 3 is 2.81 bits per heavy atom. The highest BCUT2D eigenvalue weighted by molar-refractivity contribution is 5.95. The van der Waals surface area contributed by atoms with Crippen LogP contribution in [-0.2, 0) is 11.3 Å². The van der Waals surface area contributed by atoms with Crippen LogP contribution in [0.2, 0.25) is 0 Å². The Bertz CT molecular complexity index is 848. The first-order valence-corrected chi connectivity index (χ1v) is 9.66. The third-order valence-electron chi connectivity index (χ3n) is 5.61. The molecule has 140 valence electrons. The summed E-state index contributed by atoms with van der Waals surface area (Å²) in [5.41, 5.74) is 3.08. The average Bonchev–Trinajstić information content (AvgIpc) is 3.23. The van der Waals surface area contributed by atoms with Crippen LogP contribution in [0, 0.1) is 0 Å². The molecule has 1 aromatic carbocycles. The molecule has 2 fully saturated rings. The van der Waals surface area contributed by atoms with Crippen LogP contribution < -0.4 is 14.8 Å². The van der Waals surface area contributed by atoms with Crippen LogP contribution in [0.15, 0.2) is 36.5 Å². The Morgan fingerprint density at radius 1 is 1.15 bits per heavy atom. The topological polar surface area (TPSA) is 63.7 Å². The summed E-state index contributed by atoms with van der Waals surface area (Å²) in [6, 6.07) is 9.96. The molecule has 2 aromatic rings. The highest BCUT2D eigenvalue weighted by atomic mass is 16.7. The zero-order valence-electron chi connectivity index (χ0n) is 15.2. The van der Waals surface area contributed by atoms with Crippen molar-refractivity contribution in [2.75, 3.05) is 18.7 Å². The summed E-state index contributed by atoms with van der Waals surface area (Å²) in [5.74, 6) is 2.22. The molecule has 5 rings (SSSR count). The summed E-state index contributed by atoms with van der Waals surface area (Å²) in [6.07, 6.45) is 6.17. The molecule has 1 unspecified atom stereocenters. The van der Waals surface area contributed by atoms with Crippen LogP contribution in [0.4, 0.5) is 5.69 Å². The van der Waals surface area contributed by atoms with E-state index in [1.807, 2.05) is 18.2 Å². The Balaban J connectivity index is 1.26. The fourth-order valence-electron chi connectivity index (χ4n) is 3.99. The van der Waals surface area contributed by atoms with Crippen molar-refractivity contribution >= 4 is 11.6 Å². The van der Waals surface area contributed by atoms with Gasteiger partial charge in [0.2, 0.25) is 12.7 Å². The second kappa shape index (κ2) is 6.85. The average molecular weight is 365 g/mol. The third-order valence-corrected chi connectivity index (χ3v) is 5.61. The lowest BCUT2D eigenvalue weighted by molar-refractivity contribution is -0.120. The normalized spacial score (nSPS) is 21.4. The second-order valence-electron chi connectivity index (χ2n) is 7.51. The number of aromatic nitrogens is 1. The molecule has 1 saturated heterocycles. The summed E-state index contributed by atoms with van der Waals surface area (Å²) in [6.45, 7) is 1.70. The summed E-state index contributed by atoms with van der Waals surface area (Å²) in [7, 11) is 0. The van der Waals surface area contributed by atoms with Crippen LogP contribution in [0.5, 0.6) is 11.5 Å². The van der Waals surface area contributed by atoms with E-state index in [0.717, 1.165) is 42.4 Å². The summed E-state index contributed by atoms with van der Waals surface area (Å²) < 4.78 is 11.0. The summed E-state index contributed by atoms with van der Waals surface area (Å²) in [4.78, 5) is 19.5. The highest BCUT2D eigenvalue weighted by Crippen LogP contribution is 2.40. The van der Waals surface area contributed by atoms with Crippen molar-refractivity contribution in [3.63, 3.8) is 0 Å². The van der Waals surface area contributed by atoms with Gasteiger partial charge >= 0.3 is 0 Å². The molecular weight excluding hydrogens is 342 g/mol. The number of pyridine rings is 1. The number of rotatable bonds is 5. The zero-order chi connectivity index (χ0) is 18.2. The van der Waals surface area contributed by atoms with E-state index >= 15 is 0 Å². The minimum absolute atomic E-state index is 0.0522. The van der Waals surface area contributed by atoms with E-state index in [1.54, 1.807) is 6.20 Å². The number of benzene rings is 1. The number of carbonyl (C=O) groups is 1. The van der Waals surface area contributed by atoms with Crippen LogP contribution >= 0.6 is 0 Å². The van der Waals surface area contributed by atoms with Crippen molar-refractivity contribution < 1.29 is 14.3 Å². The van der Waals surface area contributed by atoms with Gasteiger partial charge in [0.05, 0.1) is 6.04 Å². The number of amides is 1. The maximum absolute atomic E-state index is 12.9. The van der Waals surface area contributed by atoms with Crippen molar-refractivity contribution in [1.29, 1.82) is 0 Å². The molecule has 3 aliphatic rings. The minimum atomic E-state index is -0.145. The van der Waals surface area contributed by atoms with Gasteiger partial charge in [-0.25, -0.2) is 0 Å². The van der Waals surface area contributed by atoms with Crippen molar-refractivity contribution in [1.82, 2.24) is 9.88 Å². The van der Waals surface area contributed by atoms with Gasteiger partial charge in [-0.05, 0) is 55.8 Å². The third kappa shape index (κ3) is 3.37. The molecule has 1 aromatic heterocycles. The van der Waals surface area contributed by atoms with Gasteiger partial charge in [0.25, 0.3) is 0 Å². The van der Waals surface area contributed by atoms with Crippen LogP contribution in [-0.4, -0.2) is 35.2 Å². The van der Waals surface area contributed by atoms with E-state index in [0.29, 0.717) is 12.3 Å². The van der Waals surface area contributed by atoms with Crippen molar-refractivity contribution in [2.24, 2.45) is 0 Å². The SMILES string of the molecule is O=C(Nc1ccc(C2CC2)cc1)C1CCCN1Cc1nccc2c1OCO2. The lowest BCUT2D eigenvalue weighted by Gasteiger charge is -2.23. The van der Waals surface area contributed by atoms with Gasteiger partial charge in [-0.15, -0.1) is 0 Å². The Morgan fingerprint density at radius 2 is 2.00 bits per heavy atom. The number of nitrogens with one attached hydrogen (secondary N) is 1. The minimum Gasteiger partial charge on any atom is -0.453 e. The predicted molar refractivity (Wildman–Crippen MR) is 101 cm³/mol. The number of fused-ring (bicyclic) bond motifs is 1. The molecular formula is C21H23N3O3. The van der Waals surface area contributed by atoms with E-state index < -0.39 is 0 Å². The van der Waals surface area contributed by atoms with E-state index in [-0.39, 0.29) is 18.7 Å². The molecule has 1 aliphatic carbocycles. The van der Waals surface area contributed by atoms with Crippen molar-refractivity contribution in [3.05, 3.63) is 47.8 Å². The number of anilines is 1.